The Morgan fingerprint density at radius 1 is 1.38 bits per heavy atom. The van der Waals surface area contributed by atoms with E-state index < -0.39 is 0 Å². The number of alkyl halides is 2. The van der Waals surface area contributed by atoms with E-state index in [9.17, 15) is 4.79 Å². The van der Waals surface area contributed by atoms with Gasteiger partial charge < -0.3 is 5.32 Å². The van der Waals surface area contributed by atoms with Crippen molar-refractivity contribution in [2.75, 3.05) is 10.7 Å². The normalized spacial score (nSPS) is 11.2. The van der Waals surface area contributed by atoms with Gasteiger partial charge >= 0.3 is 0 Å². The largest absolute Gasteiger partial charge is 0.345 e. The minimum absolute atomic E-state index is 0.152. The van der Waals surface area contributed by atoms with Gasteiger partial charge in [0.2, 0.25) is 0 Å². The van der Waals surface area contributed by atoms with Crippen molar-refractivity contribution in [3.63, 3.8) is 0 Å². The van der Waals surface area contributed by atoms with E-state index in [1.165, 1.54) is 18.7 Å². The molecule has 1 rings (SSSR count). The molecule has 0 aromatic carbocycles. The van der Waals surface area contributed by atoms with Crippen LogP contribution in [0.1, 0.15) is 23.7 Å². The molecular formula is C10H13Br2N3O. The molecule has 1 N–H and O–H groups in total. The highest BCUT2D eigenvalue weighted by Crippen LogP contribution is 2.17. The molecule has 1 aromatic rings. The van der Waals surface area contributed by atoms with E-state index in [0.717, 1.165) is 6.42 Å². The lowest BCUT2D eigenvalue weighted by Gasteiger charge is -2.29. The average Bonchev–Trinajstić information content (AvgIpc) is 2.37. The Kier molecular flexibility index (Phi) is 5.34. The van der Waals surface area contributed by atoms with E-state index in [1.54, 1.807) is 0 Å². The van der Waals surface area contributed by atoms with Gasteiger partial charge in [-0.2, -0.15) is 0 Å². The second-order valence-corrected chi connectivity index (χ2v) is 4.60. The summed E-state index contributed by atoms with van der Waals surface area (Å²) in [4.78, 5) is 19.5. The molecule has 0 aliphatic carbocycles. The standard InChI is InChI=1S/C10H13Br2N3O/c1-2-10(5-11,6-12)15-9(16)8-3-13-7-14-4-8/h3-4,7H,2,5-6H2,1H3,(H,15,16). The van der Waals surface area contributed by atoms with Crippen LogP contribution >= 0.6 is 31.9 Å². The van der Waals surface area contributed by atoms with Crippen LogP contribution in [0.5, 0.6) is 0 Å². The summed E-state index contributed by atoms with van der Waals surface area (Å²) < 4.78 is 0. The van der Waals surface area contributed by atoms with Gasteiger partial charge in [-0.05, 0) is 6.42 Å². The van der Waals surface area contributed by atoms with E-state index in [2.05, 4.69) is 47.1 Å². The summed E-state index contributed by atoms with van der Waals surface area (Å²) in [6.45, 7) is 2.03. The molecule has 0 radical (unpaired) electrons. The van der Waals surface area contributed by atoms with Gasteiger partial charge in [-0.3, -0.25) is 4.79 Å². The monoisotopic (exact) mass is 349 g/mol. The molecule has 1 heterocycles. The molecule has 0 spiro atoms. The summed E-state index contributed by atoms with van der Waals surface area (Å²) in [5.41, 5.74) is 0.203. The number of amides is 1. The fraction of sp³-hybridized carbons (Fsp3) is 0.500. The molecule has 0 bridgehead atoms. The van der Waals surface area contributed by atoms with E-state index in [0.29, 0.717) is 16.2 Å². The molecule has 6 heteroatoms. The van der Waals surface area contributed by atoms with Crippen molar-refractivity contribution in [2.45, 2.75) is 18.9 Å². The molecule has 88 valence electrons. The molecule has 0 unspecified atom stereocenters. The van der Waals surface area contributed by atoms with Crippen LogP contribution in [0.25, 0.3) is 0 Å². The maximum absolute atomic E-state index is 11.9. The lowest BCUT2D eigenvalue weighted by Crippen LogP contribution is -2.51. The second kappa shape index (κ2) is 6.30. The molecule has 0 aliphatic heterocycles. The smallest absolute Gasteiger partial charge is 0.254 e. The molecule has 0 aliphatic rings. The third-order valence-electron chi connectivity index (χ3n) is 2.39. The van der Waals surface area contributed by atoms with Crippen molar-refractivity contribution < 1.29 is 4.79 Å². The van der Waals surface area contributed by atoms with Crippen molar-refractivity contribution in [2.24, 2.45) is 0 Å². The van der Waals surface area contributed by atoms with Gasteiger partial charge in [-0.15, -0.1) is 0 Å². The zero-order chi connectivity index (χ0) is 12.0. The second-order valence-electron chi connectivity index (χ2n) is 3.48. The summed E-state index contributed by atoms with van der Waals surface area (Å²) in [5.74, 6) is -0.152. The Hall–Kier alpha value is -0.490. The predicted molar refractivity (Wildman–Crippen MR) is 70.1 cm³/mol. The molecular weight excluding hydrogens is 338 g/mol. The molecule has 1 aromatic heterocycles. The highest BCUT2D eigenvalue weighted by molar-refractivity contribution is 9.09. The lowest BCUT2D eigenvalue weighted by molar-refractivity contribution is 0.0914. The topological polar surface area (TPSA) is 54.9 Å². The van der Waals surface area contributed by atoms with Crippen LogP contribution in [0.3, 0.4) is 0 Å². The third kappa shape index (κ3) is 3.25. The van der Waals surface area contributed by atoms with Gasteiger partial charge in [0.05, 0.1) is 11.1 Å². The summed E-state index contributed by atoms with van der Waals surface area (Å²) in [7, 11) is 0. The lowest BCUT2D eigenvalue weighted by atomic mass is 10.0. The number of rotatable bonds is 5. The first-order chi connectivity index (χ1) is 7.67. The molecule has 4 nitrogen and oxygen atoms in total. The maximum Gasteiger partial charge on any atom is 0.254 e. The molecule has 1 amide bonds. The van der Waals surface area contributed by atoms with Crippen molar-refractivity contribution >= 4 is 37.8 Å². The zero-order valence-electron chi connectivity index (χ0n) is 8.91. The minimum Gasteiger partial charge on any atom is -0.345 e. The molecule has 0 fully saturated rings. The number of carbonyl (C=O) groups is 1. The average molecular weight is 351 g/mol. The van der Waals surface area contributed by atoms with Gasteiger partial charge in [-0.1, -0.05) is 38.8 Å². The van der Waals surface area contributed by atoms with Crippen LogP contribution in [0.4, 0.5) is 0 Å². The van der Waals surface area contributed by atoms with Crippen molar-refractivity contribution in [1.82, 2.24) is 15.3 Å². The summed E-state index contributed by atoms with van der Waals surface area (Å²) in [5, 5.41) is 4.37. The van der Waals surface area contributed by atoms with E-state index in [-0.39, 0.29) is 11.4 Å². The number of halogens is 2. The van der Waals surface area contributed by atoms with Crippen molar-refractivity contribution in [1.29, 1.82) is 0 Å². The number of hydrogen-bond donors (Lipinski definition) is 1. The first kappa shape index (κ1) is 13.6. The Balaban J connectivity index is 2.77. The first-order valence-corrected chi connectivity index (χ1v) is 7.11. The van der Waals surface area contributed by atoms with Crippen molar-refractivity contribution in [3.8, 4) is 0 Å². The van der Waals surface area contributed by atoms with Crippen molar-refractivity contribution in [3.05, 3.63) is 24.3 Å². The first-order valence-electron chi connectivity index (χ1n) is 4.87. The number of nitrogens with zero attached hydrogens (tertiary/aromatic N) is 2. The SMILES string of the molecule is CCC(CBr)(CBr)NC(=O)c1cncnc1. The summed E-state index contributed by atoms with van der Waals surface area (Å²) in [6, 6.07) is 0. The highest BCUT2D eigenvalue weighted by Gasteiger charge is 2.28. The highest BCUT2D eigenvalue weighted by atomic mass is 79.9. The quantitative estimate of drug-likeness (QED) is 0.828. The third-order valence-corrected chi connectivity index (χ3v) is 4.54. The Morgan fingerprint density at radius 3 is 2.38 bits per heavy atom. The van der Waals surface area contributed by atoms with Gasteiger partial charge in [0, 0.05) is 23.1 Å². The number of nitrogens with one attached hydrogen (secondary N) is 1. The zero-order valence-corrected chi connectivity index (χ0v) is 12.1. The molecule has 0 saturated carbocycles. The molecule has 16 heavy (non-hydrogen) atoms. The Bertz CT molecular complexity index is 333. The molecule has 0 saturated heterocycles. The fourth-order valence-electron chi connectivity index (χ4n) is 1.11. The minimum atomic E-state index is -0.271. The maximum atomic E-state index is 11.9. The van der Waals surface area contributed by atoms with E-state index >= 15 is 0 Å². The number of aromatic nitrogens is 2. The molecule has 0 atom stereocenters. The Labute approximate surface area is 112 Å². The van der Waals surface area contributed by atoms with Gasteiger partial charge in [-0.25, -0.2) is 9.97 Å². The predicted octanol–water partition coefficient (Wildman–Crippen LogP) is 2.15. The van der Waals surface area contributed by atoms with Gasteiger partial charge in [0.25, 0.3) is 5.91 Å². The van der Waals surface area contributed by atoms with Crippen LogP contribution in [0.2, 0.25) is 0 Å². The van der Waals surface area contributed by atoms with Gasteiger partial charge in [0.1, 0.15) is 6.33 Å². The van der Waals surface area contributed by atoms with Crippen LogP contribution in [-0.2, 0) is 0 Å². The van der Waals surface area contributed by atoms with E-state index in [4.69, 9.17) is 0 Å². The summed E-state index contributed by atoms with van der Waals surface area (Å²) >= 11 is 6.84. The van der Waals surface area contributed by atoms with Crippen LogP contribution in [-0.4, -0.2) is 32.1 Å². The number of hydrogen-bond acceptors (Lipinski definition) is 3. The van der Waals surface area contributed by atoms with Crippen LogP contribution in [0.15, 0.2) is 18.7 Å². The van der Waals surface area contributed by atoms with Crippen LogP contribution < -0.4 is 5.32 Å². The fourth-order valence-corrected chi connectivity index (χ4v) is 3.11. The van der Waals surface area contributed by atoms with E-state index in [1.807, 2.05) is 6.92 Å². The van der Waals surface area contributed by atoms with Crippen LogP contribution in [0, 0.1) is 0 Å². The number of carbonyl (C=O) groups excluding carboxylic acids is 1. The Morgan fingerprint density at radius 2 is 1.94 bits per heavy atom. The van der Waals surface area contributed by atoms with Gasteiger partial charge in [0.15, 0.2) is 0 Å². The summed E-state index contributed by atoms with van der Waals surface area (Å²) in [6.07, 6.45) is 5.25.